The van der Waals surface area contributed by atoms with Crippen LogP contribution in [0.15, 0.2) is 188 Å². The van der Waals surface area contributed by atoms with Crippen LogP contribution in [0.1, 0.15) is 0 Å². The van der Waals surface area contributed by atoms with Crippen molar-refractivity contribution in [1.29, 1.82) is 0 Å². The Hall–Kier alpha value is -7.37. The maximum Gasteiger partial charge on any atom is 0.138 e. The molecule has 252 valence electrons. The fourth-order valence-corrected chi connectivity index (χ4v) is 8.29. The summed E-state index contributed by atoms with van der Waals surface area (Å²) in [7, 11) is 0. The molecule has 11 aromatic rings. The Morgan fingerprint density at radius 2 is 0.981 bits per heavy atom. The van der Waals surface area contributed by atoms with Crippen LogP contribution in [-0.4, -0.2) is 24.1 Å². The van der Waals surface area contributed by atoms with Crippen LogP contribution in [0.2, 0.25) is 0 Å². The summed E-state index contributed by atoms with van der Waals surface area (Å²) in [6.07, 6.45) is 5.61. The molecule has 0 amide bonds. The predicted octanol–water partition coefficient (Wildman–Crippen LogP) is 12.2. The van der Waals surface area contributed by atoms with Crippen molar-refractivity contribution in [2.45, 2.75) is 0 Å². The van der Waals surface area contributed by atoms with Crippen LogP contribution >= 0.6 is 0 Å². The number of para-hydroxylation sites is 3. The molecule has 5 heterocycles. The van der Waals surface area contributed by atoms with Gasteiger partial charge in [-0.1, -0.05) is 84.9 Å². The van der Waals surface area contributed by atoms with E-state index in [4.69, 9.17) is 15.0 Å². The molecule has 5 heteroatoms. The van der Waals surface area contributed by atoms with Gasteiger partial charge in [0.2, 0.25) is 0 Å². The van der Waals surface area contributed by atoms with Crippen LogP contribution in [-0.2, 0) is 0 Å². The van der Waals surface area contributed by atoms with Gasteiger partial charge < -0.3 is 4.57 Å². The van der Waals surface area contributed by atoms with Crippen LogP contribution < -0.4 is 0 Å². The second-order valence-electron chi connectivity index (χ2n) is 13.7. The Labute approximate surface area is 311 Å². The fraction of sp³-hybridized carbons (Fsp3) is 0. The third-order valence-electron chi connectivity index (χ3n) is 10.6. The second-order valence-corrected chi connectivity index (χ2v) is 13.7. The molecule has 0 bridgehead atoms. The number of hydrogen-bond donors (Lipinski definition) is 0. The standard InChI is InChI=1S/C49H31N5/c1-2-12-37(13-3-1)53-44-19-7-5-15-40(44)48-45(53)23-21-32-20-22-39-38-14-4-6-18-43(38)54(49(39)47(32)48)46-31-33(24-27-52-46)34-28-35(41-16-8-10-25-50-41)30-36(29-34)42-17-9-11-26-51-42/h1-31H. The first-order chi connectivity index (χ1) is 26.8. The van der Waals surface area contributed by atoms with Crippen LogP contribution in [0.3, 0.4) is 0 Å². The molecule has 5 nitrogen and oxygen atoms in total. The van der Waals surface area contributed by atoms with Gasteiger partial charge in [-0.3, -0.25) is 14.5 Å². The third-order valence-corrected chi connectivity index (χ3v) is 10.6. The third kappa shape index (κ3) is 4.69. The van der Waals surface area contributed by atoms with Crippen LogP contribution in [0.25, 0.3) is 99.5 Å². The highest BCUT2D eigenvalue weighted by molar-refractivity contribution is 6.30. The number of rotatable bonds is 5. The highest BCUT2D eigenvalue weighted by atomic mass is 15.1. The minimum Gasteiger partial charge on any atom is -0.309 e. The molecule has 0 N–H and O–H groups in total. The Bertz CT molecular complexity index is 3140. The summed E-state index contributed by atoms with van der Waals surface area (Å²) < 4.78 is 4.76. The van der Waals surface area contributed by atoms with Gasteiger partial charge in [-0.05, 0) is 101 Å². The summed E-state index contributed by atoms with van der Waals surface area (Å²) in [6, 6.07) is 60.2. The zero-order valence-corrected chi connectivity index (χ0v) is 29.1. The summed E-state index contributed by atoms with van der Waals surface area (Å²) in [6.45, 7) is 0. The number of nitrogens with zero attached hydrogens (tertiary/aromatic N) is 5. The van der Waals surface area contributed by atoms with Crippen molar-refractivity contribution in [1.82, 2.24) is 24.1 Å². The minimum absolute atomic E-state index is 0.859. The lowest BCUT2D eigenvalue weighted by Gasteiger charge is -2.13. The molecule has 0 radical (unpaired) electrons. The number of pyridine rings is 3. The highest BCUT2D eigenvalue weighted by Crippen LogP contribution is 2.43. The van der Waals surface area contributed by atoms with Gasteiger partial charge in [-0.2, -0.15) is 0 Å². The SMILES string of the molecule is c1ccc(-n2c3ccccc3c3c4c(ccc5c6ccccc6n(-c6cc(-c7cc(-c8ccccn8)cc(-c8ccccn8)c7)ccn6)c54)ccc32)cc1. The van der Waals surface area contributed by atoms with Gasteiger partial charge in [0.1, 0.15) is 5.82 Å². The van der Waals surface area contributed by atoms with Gasteiger partial charge in [0.05, 0.1) is 33.5 Å². The van der Waals surface area contributed by atoms with E-state index in [2.05, 4.69) is 155 Å². The molecule has 0 unspecified atom stereocenters. The van der Waals surface area contributed by atoms with Crippen molar-refractivity contribution in [2.24, 2.45) is 0 Å². The van der Waals surface area contributed by atoms with Crippen molar-refractivity contribution in [3.8, 4) is 45.1 Å². The molecular weight excluding hydrogens is 659 g/mol. The van der Waals surface area contributed by atoms with E-state index in [0.29, 0.717) is 0 Å². The average molecular weight is 690 g/mol. The molecule has 0 spiro atoms. The van der Waals surface area contributed by atoms with E-state index in [9.17, 15) is 0 Å². The molecule has 0 saturated carbocycles. The summed E-state index contributed by atoms with van der Waals surface area (Å²) >= 11 is 0. The normalized spacial score (nSPS) is 11.7. The zero-order chi connectivity index (χ0) is 35.6. The second kappa shape index (κ2) is 12.1. The van der Waals surface area contributed by atoms with Crippen LogP contribution in [0.4, 0.5) is 0 Å². The zero-order valence-electron chi connectivity index (χ0n) is 29.1. The largest absolute Gasteiger partial charge is 0.309 e. The van der Waals surface area contributed by atoms with Crippen LogP contribution in [0, 0.1) is 0 Å². The predicted molar refractivity (Wildman–Crippen MR) is 222 cm³/mol. The number of benzene rings is 6. The van der Waals surface area contributed by atoms with E-state index in [1.165, 1.54) is 43.4 Å². The first kappa shape index (κ1) is 30.3. The number of fused-ring (bicyclic) bond motifs is 9. The van der Waals surface area contributed by atoms with E-state index in [1.807, 2.05) is 42.9 Å². The van der Waals surface area contributed by atoms with E-state index < -0.39 is 0 Å². The first-order valence-electron chi connectivity index (χ1n) is 18.2. The monoisotopic (exact) mass is 689 g/mol. The van der Waals surface area contributed by atoms with Gasteiger partial charge >= 0.3 is 0 Å². The Morgan fingerprint density at radius 3 is 1.70 bits per heavy atom. The molecule has 0 atom stereocenters. The summed E-state index contributed by atoms with van der Waals surface area (Å²) in [5.74, 6) is 0.859. The minimum atomic E-state index is 0.859. The Kier molecular flexibility index (Phi) is 6.79. The van der Waals surface area contributed by atoms with E-state index in [-0.39, 0.29) is 0 Å². The first-order valence-corrected chi connectivity index (χ1v) is 18.2. The average Bonchev–Trinajstić information content (AvgIpc) is 3.78. The lowest BCUT2D eigenvalue weighted by Crippen LogP contribution is -1.99. The molecule has 54 heavy (non-hydrogen) atoms. The van der Waals surface area contributed by atoms with Gasteiger partial charge in [0.25, 0.3) is 0 Å². The van der Waals surface area contributed by atoms with Gasteiger partial charge in [0, 0.05) is 62.3 Å². The summed E-state index contributed by atoms with van der Waals surface area (Å²) in [5, 5.41) is 7.26. The smallest absolute Gasteiger partial charge is 0.138 e. The molecule has 6 aromatic carbocycles. The Balaban J connectivity index is 1.21. The van der Waals surface area contributed by atoms with Crippen LogP contribution in [0.5, 0.6) is 0 Å². The molecule has 11 rings (SSSR count). The van der Waals surface area contributed by atoms with Gasteiger partial charge in [-0.15, -0.1) is 0 Å². The molecule has 0 aliphatic carbocycles. The van der Waals surface area contributed by atoms with Crippen molar-refractivity contribution >= 4 is 54.4 Å². The molecule has 0 aliphatic rings. The highest BCUT2D eigenvalue weighted by Gasteiger charge is 2.21. The molecule has 5 aromatic heterocycles. The molecule has 0 fully saturated rings. The van der Waals surface area contributed by atoms with Crippen molar-refractivity contribution in [3.63, 3.8) is 0 Å². The number of hydrogen-bond acceptors (Lipinski definition) is 3. The maximum atomic E-state index is 5.10. The van der Waals surface area contributed by atoms with Crippen molar-refractivity contribution in [2.75, 3.05) is 0 Å². The molecule has 0 aliphatic heterocycles. The van der Waals surface area contributed by atoms with Gasteiger partial charge in [-0.25, -0.2) is 4.98 Å². The van der Waals surface area contributed by atoms with E-state index >= 15 is 0 Å². The lowest BCUT2D eigenvalue weighted by molar-refractivity contribution is 1.09. The van der Waals surface area contributed by atoms with Crippen molar-refractivity contribution < 1.29 is 0 Å². The Morgan fingerprint density at radius 1 is 0.352 bits per heavy atom. The van der Waals surface area contributed by atoms with E-state index in [1.54, 1.807) is 0 Å². The molecular formula is C49H31N5. The summed E-state index contributed by atoms with van der Waals surface area (Å²) in [4.78, 5) is 14.5. The van der Waals surface area contributed by atoms with E-state index in [0.717, 1.165) is 56.2 Å². The fourth-order valence-electron chi connectivity index (χ4n) is 8.29. The molecule has 0 saturated heterocycles. The lowest BCUT2D eigenvalue weighted by atomic mass is 9.97. The maximum absolute atomic E-state index is 5.10. The quantitative estimate of drug-likeness (QED) is 0.181. The van der Waals surface area contributed by atoms with Crippen molar-refractivity contribution in [3.05, 3.63) is 188 Å². The number of aromatic nitrogens is 5. The van der Waals surface area contributed by atoms with Gasteiger partial charge in [0.15, 0.2) is 0 Å². The topological polar surface area (TPSA) is 48.5 Å². The summed E-state index contributed by atoms with van der Waals surface area (Å²) in [5.41, 5.74) is 11.8.